The van der Waals surface area contributed by atoms with E-state index in [4.69, 9.17) is 4.74 Å². The van der Waals surface area contributed by atoms with Crippen LogP contribution in [0, 0.1) is 0 Å². The third kappa shape index (κ3) is 6.52. The van der Waals surface area contributed by atoms with E-state index in [9.17, 15) is 0 Å². The second-order valence-corrected chi connectivity index (χ2v) is 11.3. The van der Waals surface area contributed by atoms with Crippen LogP contribution in [0.25, 0.3) is 0 Å². The van der Waals surface area contributed by atoms with Crippen LogP contribution in [0.2, 0.25) is 0 Å². The Kier molecular flexibility index (Phi) is 9.29. The molecule has 0 spiro atoms. The lowest BCUT2D eigenvalue weighted by Crippen LogP contribution is -2.20. The molecule has 0 saturated heterocycles. The van der Waals surface area contributed by atoms with Crippen LogP contribution in [-0.4, -0.2) is 3.86 Å². The van der Waals surface area contributed by atoms with E-state index in [1.807, 2.05) is 42.5 Å². The van der Waals surface area contributed by atoms with Crippen molar-refractivity contribution in [3.8, 4) is 5.75 Å². The predicted molar refractivity (Wildman–Crippen MR) is 155 cm³/mol. The van der Waals surface area contributed by atoms with Crippen LogP contribution >= 0.6 is 22.6 Å². The number of rotatable bonds is 8. The fraction of sp³-hybridized carbons (Fsp3) is 0.250. The molecule has 4 atom stereocenters. The third-order valence-electron chi connectivity index (χ3n) is 6.78. The first-order valence-electron chi connectivity index (χ1n) is 12.1. The Balaban J connectivity index is 0.00000361. The van der Waals surface area contributed by atoms with E-state index in [2.05, 4.69) is 81.4 Å². The average molecular weight is 599 g/mol. The minimum atomic E-state index is -1.83. The van der Waals surface area contributed by atoms with E-state index in [0.29, 0.717) is 5.75 Å². The predicted octanol–water partition coefficient (Wildman–Crippen LogP) is 9.75. The van der Waals surface area contributed by atoms with E-state index in [0.717, 1.165) is 11.1 Å². The zero-order valence-electron chi connectivity index (χ0n) is 21.1. The molecule has 4 rings (SSSR count). The van der Waals surface area contributed by atoms with Crippen molar-refractivity contribution in [1.82, 2.24) is 0 Å². The second-order valence-electron chi connectivity index (χ2n) is 9.34. The van der Waals surface area contributed by atoms with Gasteiger partial charge in [0.05, 0.1) is 0 Å². The van der Waals surface area contributed by atoms with Crippen LogP contribution in [0.15, 0.2) is 103 Å². The van der Waals surface area contributed by atoms with Crippen molar-refractivity contribution in [1.29, 1.82) is 0 Å². The molecular weight excluding hydrogens is 565 g/mol. The Labute approximate surface area is 227 Å². The Morgan fingerprint density at radius 2 is 0.944 bits per heavy atom. The number of halogens is 3. The summed E-state index contributed by atoms with van der Waals surface area (Å²) in [5.74, 6) is 0.898. The number of hydrogen-bond acceptors (Lipinski definition) is 1. The Morgan fingerprint density at radius 1 is 0.611 bits per heavy atom. The van der Waals surface area contributed by atoms with Gasteiger partial charge in [0.1, 0.15) is 5.75 Å². The van der Waals surface area contributed by atoms with Gasteiger partial charge in [-0.2, -0.15) is 4.39 Å². The number of ether oxygens (including phenoxy) is 1. The molecule has 188 valence electrons. The molecule has 0 aliphatic rings. The topological polar surface area (TPSA) is 9.23 Å². The monoisotopic (exact) mass is 598 g/mol. The Bertz CT molecular complexity index is 1170. The molecule has 0 fully saturated rings. The van der Waals surface area contributed by atoms with Gasteiger partial charge in [-0.3, -0.25) is 4.70 Å². The van der Waals surface area contributed by atoms with Crippen LogP contribution in [0.4, 0.5) is 9.09 Å². The highest BCUT2D eigenvalue weighted by Gasteiger charge is 2.29. The molecule has 0 heterocycles. The van der Waals surface area contributed by atoms with E-state index >= 15 is 4.39 Å². The highest BCUT2D eigenvalue weighted by Crippen LogP contribution is 2.44. The highest BCUT2D eigenvalue weighted by atomic mass is 127. The van der Waals surface area contributed by atoms with E-state index in [1.54, 1.807) is 22.6 Å². The Morgan fingerprint density at radius 3 is 1.28 bits per heavy atom. The molecule has 4 aromatic carbocycles. The molecule has 4 heteroatoms. The van der Waals surface area contributed by atoms with Crippen molar-refractivity contribution < 1.29 is 13.8 Å². The van der Waals surface area contributed by atoms with Crippen molar-refractivity contribution in [3.05, 3.63) is 137 Å². The molecule has 0 N–H and O–H groups in total. The summed E-state index contributed by atoms with van der Waals surface area (Å²) in [4.78, 5) is 0. The van der Waals surface area contributed by atoms with Crippen molar-refractivity contribution in [2.45, 2.75) is 49.3 Å². The highest BCUT2D eigenvalue weighted by molar-refractivity contribution is 14.1. The molecular formula is C32H33F2IO. The van der Waals surface area contributed by atoms with Crippen LogP contribution in [0.1, 0.15) is 78.8 Å². The van der Waals surface area contributed by atoms with E-state index < -0.39 is 3.86 Å². The normalized spacial score (nSPS) is 15.2. The molecule has 36 heavy (non-hydrogen) atoms. The summed E-state index contributed by atoms with van der Waals surface area (Å²) in [5.41, 5.74) is 6.82. The molecule has 0 aliphatic heterocycles. The summed E-state index contributed by atoms with van der Waals surface area (Å²) in [6.07, 6.45) is 0. The van der Waals surface area contributed by atoms with Crippen LogP contribution in [0.3, 0.4) is 0 Å². The quantitative estimate of drug-likeness (QED) is 0.145. The van der Waals surface area contributed by atoms with Crippen molar-refractivity contribution >= 4 is 22.6 Å². The number of hydrogen-bond donors (Lipinski definition) is 0. The van der Waals surface area contributed by atoms with Gasteiger partial charge in [-0.1, -0.05) is 124 Å². The van der Waals surface area contributed by atoms with Gasteiger partial charge in [0, 0.05) is 58.4 Å². The molecule has 0 radical (unpaired) electrons. The summed E-state index contributed by atoms with van der Waals surface area (Å²) in [5, 5.41) is 0. The van der Waals surface area contributed by atoms with Gasteiger partial charge >= 0.3 is 0 Å². The maximum absolute atomic E-state index is 15.1. The fourth-order valence-electron chi connectivity index (χ4n) is 4.67. The number of alkyl halides is 2. The van der Waals surface area contributed by atoms with Gasteiger partial charge in [0.25, 0.3) is 3.86 Å². The van der Waals surface area contributed by atoms with Crippen LogP contribution in [0.5, 0.6) is 5.75 Å². The first-order chi connectivity index (χ1) is 16.7. The van der Waals surface area contributed by atoms with Crippen molar-refractivity contribution in [3.63, 3.8) is 0 Å². The van der Waals surface area contributed by atoms with E-state index in [-0.39, 0.29) is 22.5 Å². The summed E-state index contributed by atoms with van der Waals surface area (Å²) in [7, 11) is 0. The summed E-state index contributed by atoms with van der Waals surface area (Å²) in [6.45, 7) is 8.04. The van der Waals surface area contributed by atoms with Crippen LogP contribution in [-0.2, 0) is 0 Å². The first kappa shape index (κ1) is 27.9. The largest absolute Gasteiger partial charge is 0.449 e. The molecule has 0 aliphatic carbocycles. The standard InChI is InChI=1S/C32H32FIO.FH/c1-22(25-14-8-5-9-15-25)28-20-29(23(2)26-16-10-6-11-17-26)31(35-32(4,33)34)30(21-28)24(3)27-18-12-7-13-19-27;/h5-24H,1-4H3;1H. The van der Waals surface area contributed by atoms with Crippen LogP contribution < -0.4 is 4.74 Å². The number of benzene rings is 4. The lowest BCUT2D eigenvalue weighted by molar-refractivity contribution is 0.0648. The summed E-state index contributed by atoms with van der Waals surface area (Å²) < 4.78 is 19.3. The molecule has 4 unspecified atom stereocenters. The smallest absolute Gasteiger partial charge is 0.295 e. The maximum Gasteiger partial charge on any atom is 0.295 e. The first-order valence-corrected chi connectivity index (χ1v) is 13.2. The molecule has 4 aromatic rings. The Hall–Kier alpha value is -2.73. The maximum atomic E-state index is 15.1. The zero-order valence-corrected chi connectivity index (χ0v) is 23.3. The fourth-order valence-corrected chi connectivity index (χ4v) is 4.89. The van der Waals surface area contributed by atoms with Gasteiger partial charge in [-0.25, -0.2) is 0 Å². The van der Waals surface area contributed by atoms with Gasteiger partial charge < -0.3 is 4.74 Å². The van der Waals surface area contributed by atoms with E-state index in [1.165, 1.54) is 29.2 Å². The average Bonchev–Trinajstić information content (AvgIpc) is 2.88. The molecule has 0 saturated carbocycles. The summed E-state index contributed by atoms with van der Waals surface area (Å²) in [6, 6.07) is 35.7. The zero-order chi connectivity index (χ0) is 25.0. The molecule has 0 amide bonds. The van der Waals surface area contributed by atoms with Gasteiger partial charge in [-0.05, 0) is 22.3 Å². The van der Waals surface area contributed by atoms with Crippen molar-refractivity contribution in [2.24, 2.45) is 0 Å². The summed E-state index contributed by atoms with van der Waals surface area (Å²) >= 11 is 1.73. The van der Waals surface area contributed by atoms with Gasteiger partial charge in [0.2, 0.25) is 0 Å². The van der Waals surface area contributed by atoms with Crippen molar-refractivity contribution in [2.75, 3.05) is 0 Å². The molecule has 1 nitrogen and oxygen atoms in total. The van der Waals surface area contributed by atoms with Gasteiger partial charge in [0.15, 0.2) is 0 Å². The lowest BCUT2D eigenvalue weighted by atomic mass is 9.81. The molecule has 0 bridgehead atoms. The minimum Gasteiger partial charge on any atom is -0.449 e. The second kappa shape index (κ2) is 12.0. The van der Waals surface area contributed by atoms with Gasteiger partial charge in [-0.15, -0.1) is 0 Å². The third-order valence-corrected chi connectivity index (χ3v) is 7.00. The molecule has 0 aromatic heterocycles. The lowest BCUT2D eigenvalue weighted by Gasteiger charge is -2.28. The SMILES string of the molecule is CC(c1ccccc1)c1cc(C(C)c2ccccc2)c(OC(C)(F)I)c(C(C)c2ccccc2)c1.F. The minimum absolute atomic E-state index is 0.